The SMILES string of the molecule is CC1CNc2c(oc3ccc4nc(Oc5cc(Cl)nc(C(=O)N(C)C)n5)ccc4c23)C(=O)N1. The molecule has 10 nitrogen and oxygen atoms in total. The molecule has 1 aliphatic rings. The molecule has 0 saturated carbocycles. The molecule has 0 bridgehead atoms. The molecular weight excluding hydrogens is 448 g/mol. The summed E-state index contributed by atoms with van der Waals surface area (Å²) < 4.78 is 11.6. The number of hydrogen-bond donors (Lipinski definition) is 2. The summed E-state index contributed by atoms with van der Waals surface area (Å²) in [5.41, 5.74) is 1.85. The Labute approximate surface area is 192 Å². The third-order valence-electron chi connectivity index (χ3n) is 5.14. The molecule has 1 unspecified atom stereocenters. The Morgan fingerprint density at radius 1 is 1.18 bits per heavy atom. The zero-order valence-corrected chi connectivity index (χ0v) is 18.7. The van der Waals surface area contributed by atoms with Crippen LogP contribution in [0.5, 0.6) is 11.8 Å². The van der Waals surface area contributed by atoms with Crippen molar-refractivity contribution < 1.29 is 18.7 Å². The van der Waals surface area contributed by atoms with Gasteiger partial charge in [-0.15, -0.1) is 0 Å². The Kier molecular flexibility index (Phi) is 5.01. The normalized spacial score (nSPS) is 15.5. The van der Waals surface area contributed by atoms with Gasteiger partial charge >= 0.3 is 0 Å². The lowest BCUT2D eigenvalue weighted by molar-refractivity contribution is 0.0814. The highest BCUT2D eigenvalue weighted by atomic mass is 35.5. The van der Waals surface area contributed by atoms with E-state index in [2.05, 4.69) is 25.6 Å². The number of anilines is 1. The van der Waals surface area contributed by atoms with Crippen LogP contribution in [0.25, 0.3) is 21.9 Å². The minimum Gasteiger partial charge on any atom is -0.449 e. The summed E-state index contributed by atoms with van der Waals surface area (Å²) in [5.74, 6) is -0.141. The number of hydrogen-bond acceptors (Lipinski definition) is 8. The van der Waals surface area contributed by atoms with Gasteiger partial charge in [0.1, 0.15) is 10.7 Å². The Balaban J connectivity index is 1.54. The molecule has 33 heavy (non-hydrogen) atoms. The van der Waals surface area contributed by atoms with E-state index >= 15 is 0 Å². The van der Waals surface area contributed by atoms with Gasteiger partial charge in [0.05, 0.1) is 16.6 Å². The van der Waals surface area contributed by atoms with Crippen molar-refractivity contribution in [1.29, 1.82) is 0 Å². The number of fused-ring (bicyclic) bond motifs is 5. The molecule has 1 aliphatic heterocycles. The first-order valence-electron chi connectivity index (χ1n) is 10.1. The fourth-order valence-electron chi connectivity index (χ4n) is 3.62. The van der Waals surface area contributed by atoms with Crippen LogP contribution in [0, 0.1) is 0 Å². The summed E-state index contributed by atoms with van der Waals surface area (Å²) in [6.07, 6.45) is 0. The van der Waals surface area contributed by atoms with Gasteiger partial charge < -0.3 is 24.7 Å². The van der Waals surface area contributed by atoms with Crippen LogP contribution in [0.4, 0.5) is 5.69 Å². The molecule has 11 heteroatoms. The maximum Gasteiger partial charge on any atom is 0.291 e. The summed E-state index contributed by atoms with van der Waals surface area (Å²) in [6.45, 7) is 2.49. The minimum absolute atomic E-state index is 0.0350. The van der Waals surface area contributed by atoms with Crippen molar-refractivity contribution in [2.75, 3.05) is 26.0 Å². The Morgan fingerprint density at radius 3 is 2.79 bits per heavy atom. The van der Waals surface area contributed by atoms with Gasteiger partial charge in [-0.2, -0.15) is 4.98 Å². The summed E-state index contributed by atoms with van der Waals surface area (Å²) in [7, 11) is 3.18. The average molecular weight is 467 g/mol. The Hall–Kier alpha value is -3.92. The molecule has 0 fully saturated rings. The fraction of sp³-hybridized carbons (Fsp3) is 0.227. The van der Waals surface area contributed by atoms with E-state index in [4.69, 9.17) is 20.8 Å². The lowest BCUT2D eigenvalue weighted by atomic mass is 10.1. The van der Waals surface area contributed by atoms with Gasteiger partial charge in [0, 0.05) is 44.2 Å². The molecule has 0 saturated heterocycles. The first-order chi connectivity index (χ1) is 15.8. The van der Waals surface area contributed by atoms with Crippen molar-refractivity contribution in [2.24, 2.45) is 0 Å². The predicted octanol–water partition coefficient (Wildman–Crippen LogP) is 3.46. The highest BCUT2D eigenvalue weighted by Gasteiger charge is 2.26. The number of pyridine rings is 1. The van der Waals surface area contributed by atoms with E-state index in [9.17, 15) is 9.59 Å². The second kappa shape index (κ2) is 7.89. The first kappa shape index (κ1) is 21.0. The molecule has 5 rings (SSSR count). The summed E-state index contributed by atoms with van der Waals surface area (Å²) >= 11 is 6.04. The van der Waals surface area contributed by atoms with Gasteiger partial charge in [0.25, 0.3) is 11.8 Å². The van der Waals surface area contributed by atoms with Gasteiger partial charge in [-0.25, -0.2) is 9.97 Å². The molecule has 1 atom stereocenters. The zero-order chi connectivity index (χ0) is 23.3. The second-order valence-corrected chi connectivity index (χ2v) is 8.26. The van der Waals surface area contributed by atoms with Gasteiger partial charge in [-0.05, 0) is 25.1 Å². The lowest BCUT2D eigenvalue weighted by Crippen LogP contribution is -2.34. The molecule has 2 amide bonds. The number of amides is 2. The van der Waals surface area contributed by atoms with Crippen LogP contribution in [-0.4, -0.2) is 58.3 Å². The largest absolute Gasteiger partial charge is 0.449 e. The molecule has 3 aromatic heterocycles. The summed E-state index contributed by atoms with van der Waals surface area (Å²) in [5, 5.41) is 7.83. The number of rotatable bonds is 3. The van der Waals surface area contributed by atoms with Gasteiger partial charge in [0.15, 0.2) is 0 Å². The molecule has 4 heterocycles. The highest BCUT2D eigenvalue weighted by Crippen LogP contribution is 2.37. The number of nitrogens with one attached hydrogen (secondary N) is 2. The zero-order valence-electron chi connectivity index (χ0n) is 18.0. The van der Waals surface area contributed by atoms with Crippen molar-refractivity contribution in [1.82, 2.24) is 25.2 Å². The third kappa shape index (κ3) is 3.78. The molecule has 1 aromatic carbocycles. The van der Waals surface area contributed by atoms with Gasteiger partial charge in [-0.1, -0.05) is 11.6 Å². The van der Waals surface area contributed by atoms with Gasteiger partial charge in [0.2, 0.25) is 23.3 Å². The number of halogens is 1. The van der Waals surface area contributed by atoms with E-state index in [0.29, 0.717) is 23.3 Å². The molecule has 0 radical (unpaired) electrons. The minimum atomic E-state index is -0.400. The summed E-state index contributed by atoms with van der Waals surface area (Å²) in [4.78, 5) is 38.7. The maximum atomic E-state index is 12.5. The van der Waals surface area contributed by atoms with E-state index < -0.39 is 5.91 Å². The molecule has 0 aliphatic carbocycles. The number of carbonyl (C=O) groups excluding carboxylic acids is 2. The van der Waals surface area contributed by atoms with Crippen LogP contribution in [0.15, 0.2) is 34.7 Å². The predicted molar refractivity (Wildman–Crippen MR) is 122 cm³/mol. The highest BCUT2D eigenvalue weighted by molar-refractivity contribution is 6.29. The van der Waals surface area contributed by atoms with Crippen LogP contribution < -0.4 is 15.4 Å². The van der Waals surface area contributed by atoms with Crippen LogP contribution in [-0.2, 0) is 0 Å². The summed E-state index contributed by atoms with van der Waals surface area (Å²) in [6, 6.07) is 8.41. The van der Waals surface area contributed by atoms with E-state index in [0.717, 1.165) is 10.8 Å². The standard InChI is InChI=1S/C22H19ClN6O4/c1-10-9-24-18-17-11-4-7-15(26-12(11)5-6-13(17)32-19(18)21(30)25-10)33-16-8-14(23)27-20(28-16)22(31)29(2)3/h4-8,10,24H,9H2,1-3H3,(H,25,30). The molecule has 4 aromatic rings. The van der Waals surface area contributed by atoms with E-state index in [1.54, 1.807) is 32.3 Å². The molecular formula is C22H19ClN6O4. The van der Waals surface area contributed by atoms with Crippen LogP contribution >= 0.6 is 11.6 Å². The Morgan fingerprint density at radius 2 is 2.00 bits per heavy atom. The van der Waals surface area contributed by atoms with Crippen LogP contribution in [0.2, 0.25) is 5.15 Å². The number of ether oxygens (including phenoxy) is 1. The van der Waals surface area contributed by atoms with Crippen molar-refractivity contribution in [3.63, 3.8) is 0 Å². The number of benzene rings is 1. The van der Waals surface area contributed by atoms with Crippen molar-refractivity contribution in [2.45, 2.75) is 13.0 Å². The van der Waals surface area contributed by atoms with Crippen molar-refractivity contribution in [3.05, 3.63) is 47.1 Å². The van der Waals surface area contributed by atoms with Crippen LogP contribution in [0.3, 0.4) is 0 Å². The quantitative estimate of drug-likeness (QED) is 0.440. The second-order valence-electron chi connectivity index (χ2n) is 7.87. The van der Waals surface area contributed by atoms with Crippen molar-refractivity contribution in [3.8, 4) is 11.8 Å². The van der Waals surface area contributed by atoms with E-state index in [1.807, 2.05) is 13.0 Å². The maximum absolute atomic E-state index is 12.5. The number of carbonyl (C=O) groups is 2. The molecule has 2 N–H and O–H groups in total. The van der Waals surface area contributed by atoms with E-state index in [1.165, 1.54) is 11.0 Å². The first-order valence-corrected chi connectivity index (χ1v) is 10.5. The number of furan rings is 1. The monoisotopic (exact) mass is 466 g/mol. The smallest absolute Gasteiger partial charge is 0.291 e. The van der Waals surface area contributed by atoms with Crippen LogP contribution in [0.1, 0.15) is 28.1 Å². The Bertz CT molecular complexity index is 1430. The average Bonchev–Trinajstić information content (AvgIpc) is 3.09. The van der Waals surface area contributed by atoms with Gasteiger partial charge in [-0.3, -0.25) is 9.59 Å². The molecule has 168 valence electrons. The number of aromatic nitrogens is 3. The fourth-order valence-corrected chi connectivity index (χ4v) is 3.79. The third-order valence-corrected chi connectivity index (χ3v) is 5.34. The topological polar surface area (TPSA) is 122 Å². The van der Waals surface area contributed by atoms with E-state index in [-0.39, 0.29) is 40.4 Å². The number of nitrogens with zero attached hydrogens (tertiary/aromatic N) is 4. The molecule has 0 spiro atoms. The lowest BCUT2D eigenvalue weighted by Gasteiger charge is -2.11. The van der Waals surface area contributed by atoms with Crippen molar-refractivity contribution >= 4 is 51.0 Å².